The second-order valence-corrected chi connectivity index (χ2v) is 25.2. The highest BCUT2D eigenvalue weighted by Crippen LogP contribution is 2.45. The van der Waals surface area contributed by atoms with Crippen molar-refractivity contribution in [2.24, 2.45) is 5.41 Å². The van der Waals surface area contributed by atoms with Crippen LogP contribution in [0.2, 0.25) is 5.02 Å². The van der Waals surface area contributed by atoms with E-state index in [1.54, 1.807) is 12.1 Å². The number of allylic oxidation sites excluding steroid dienone is 1. The molecule has 0 saturated carbocycles. The lowest BCUT2D eigenvalue weighted by atomic mass is 9.71. The lowest BCUT2D eigenvalue weighted by Gasteiger charge is -2.43. The van der Waals surface area contributed by atoms with Crippen LogP contribution < -0.4 is 20.3 Å². The molecule has 4 aromatic rings. The Balaban J connectivity index is 0.00000711. The number of halogens is 5. The monoisotopic (exact) mass is 1110 g/mol. The maximum Gasteiger partial charge on any atom is 0.501 e. The van der Waals surface area contributed by atoms with Crippen LogP contribution in [0.1, 0.15) is 54.9 Å². The number of carbonyl (C=O) groups excluding carboxylic acids is 1. The largest absolute Gasteiger partial charge is 0.501 e. The molecule has 3 N–H and O–H groups in total. The van der Waals surface area contributed by atoms with E-state index in [0.29, 0.717) is 63.2 Å². The normalized spacial score (nSPS) is 22.8. The number of amides is 1. The lowest BCUT2D eigenvalue weighted by molar-refractivity contribution is -0.0435. The van der Waals surface area contributed by atoms with E-state index in [1.165, 1.54) is 47.0 Å². The number of sulfone groups is 1. The zero-order chi connectivity index (χ0) is 50.7. The van der Waals surface area contributed by atoms with E-state index in [1.807, 2.05) is 47.2 Å². The van der Waals surface area contributed by atoms with Gasteiger partial charge < -0.3 is 20.3 Å². The summed E-state index contributed by atoms with van der Waals surface area (Å²) in [6.07, 6.45) is 4.87. The minimum absolute atomic E-state index is 0. The first-order valence-electron chi connectivity index (χ1n) is 24.7. The van der Waals surface area contributed by atoms with Gasteiger partial charge in [-0.2, -0.15) is 13.2 Å². The van der Waals surface area contributed by atoms with E-state index in [4.69, 9.17) is 16.3 Å². The van der Waals surface area contributed by atoms with Gasteiger partial charge in [0.05, 0.1) is 23.8 Å². The number of ether oxygens (including phenoxy) is 1. The molecule has 0 spiro atoms. The zero-order valence-electron chi connectivity index (χ0n) is 40.8. The van der Waals surface area contributed by atoms with Gasteiger partial charge in [-0.15, -0.1) is 24.2 Å². The molecule has 5 aliphatic rings. The van der Waals surface area contributed by atoms with Gasteiger partial charge in [-0.1, -0.05) is 54.4 Å². The summed E-state index contributed by atoms with van der Waals surface area (Å²) in [5, 5.41) is 7.36. The van der Waals surface area contributed by atoms with Crippen LogP contribution in [-0.2, 0) is 24.6 Å². The summed E-state index contributed by atoms with van der Waals surface area (Å²) in [7, 11) is -10.9. The minimum atomic E-state index is -6.06. The van der Waals surface area contributed by atoms with Crippen LogP contribution in [0.3, 0.4) is 0 Å². The number of sulfonamides is 1. The van der Waals surface area contributed by atoms with E-state index >= 15 is 0 Å². The van der Waals surface area contributed by atoms with E-state index in [-0.39, 0.29) is 23.4 Å². The Morgan fingerprint density at radius 1 is 0.918 bits per heavy atom. The smallest absolute Gasteiger partial charge is 0.380 e. The van der Waals surface area contributed by atoms with Crippen molar-refractivity contribution in [2.45, 2.75) is 77.3 Å². The molecule has 1 amide bonds. The third-order valence-corrected chi connectivity index (χ3v) is 19.1. The lowest BCUT2D eigenvalue weighted by Crippen LogP contribution is -2.49. The molecular formula is C52H64Cl2F3N7O6S3. The number of nitrogens with one attached hydrogen (secondary N) is 3. The van der Waals surface area contributed by atoms with Crippen LogP contribution in [0.5, 0.6) is 0 Å². The second kappa shape index (κ2) is 23.6. The molecular weight excluding hydrogens is 1040 g/mol. The molecule has 4 atom stereocenters. The molecule has 0 radical (unpaired) electrons. The molecule has 21 heteroatoms. The summed E-state index contributed by atoms with van der Waals surface area (Å²) in [6.45, 7) is 12.8. The van der Waals surface area contributed by atoms with Gasteiger partial charge in [0.2, 0.25) is 0 Å². The van der Waals surface area contributed by atoms with Gasteiger partial charge in [-0.25, -0.2) is 21.6 Å². The third-order valence-electron chi connectivity index (χ3n) is 14.8. The Morgan fingerprint density at radius 3 is 2.29 bits per heavy atom. The quantitative estimate of drug-likeness (QED) is 0.0824. The van der Waals surface area contributed by atoms with E-state index in [9.17, 15) is 34.8 Å². The van der Waals surface area contributed by atoms with E-state index in [2.05, 4.69) is 49.3 Å². The Hall–Kier alpha value is -3.89. The average Bonchev–Trinajstić information content (AvgIpc) is 3.99. The molecule has 4 saturated heterocycles. The first-order valence-corrected chi connectivity index (χ1v) is 29.0. The highest BCUT2D eigenvalue weighted by atomic mass is 35.5. The number of morpholine rings is 1. The molecule has 1 unspecified atom stereocenters. The van der Waals surface area contributed by atoms with Gasteiger partial charge in [0.15, 0.2) is 0 Å². The van der Waals surface area contributed by atoms with Crippen LogP contribution in [0.4, 0.5) is 24.5 Å². The van der Waals surface area contributed by atoms with Crippen molar-refractivity contribution < 1.29 is 39.5 Å². The number of nitrogens with zero attached hydrogens (tertiary/aromatic N) is 4. The zero-order valence-corrected chi connectivity index (χ0v) is 44.8. The van der Waals surface area contributed by atoms with Crippen molar-refractivity contribution in [3.63, 3.8) is 0 Å². The Labute approximate surface area is 443 Å². The molecule has 13 nitrogen and oxygen atoms in total. The van der Waals surface area contributed by atoms with Crippen LogP contribution in [0, 0.1) is 5.41 Å². The summed E-state index contributed by atoms with van der Waals surface area (Å²) in [4.78, 5) is 21.9. The van der Waals surface area contributed by atoms with Crippen LogP contribution in [0.25, 0.3) is 5.57 Å². The van der Waals surface area contributed by atoms with Crippen molar-refractivity contribution in [3.8, 4) is 0 Å². The first kappa shape index (κ1) is 55.3. The standard InChI is InChI=1S/C52H63ClF3N7O6S3.ClH/c1-51(36-63-34-42-29-44(63)32-57-42)19-17-47(37-7-11-40(53)12-8-37)39(31-51)33-61-21-23-62(24-22-61)43-13-9-38(10-14-43)50(64)59-72(67,68)46-15-16-48(49(30-46)71(65,66)52(54,55)56)58-41(18-20-60-25-27-69-28-26-60)35-70-45-5-3-2-4-6-45;/h2-16,30,41-42,44,57-58H,17-29,31-36H2,1H3,(H,59,64);1H/t41-,42-,44-,51?;/m1./s1. The maximum absolute atomic E-state index is 14.3. The van der Waals surface area contributed by atoms with E-state index in [0.717, 1.165) is 99.4 Å². The van der Waals surface area contributed by atoms with Gasteiger partial charge in [0, 0.05) is 117 Å². The molecule has 4 aliphatic heterocycles. The number of likely N-dealkylation sites (tertiary alicyclic amines) is 1. The molecule has 396 valence electrons. The van der Waals surface area contributed by atoms with E-state index < -0.39 is 52.8 Å². The van der Waals surface area contributed by atoms with Crippen molar-refractivity contribution in [2.75, 3.05) is 101 Å². The van der Waals surface area contributed by atoms with Crippen LogP contribution in [-0.4, -0.2) is 152 Å². The van der Waals surface area contributed by atoms with Crippen molar-refractivity contribution >= 4 is 78.5 Å². The predicted molar refractivity (Wildman–Crippen MR) is 285 cm³/mol. The second-order valence-electron chi connectivity index (χ2n) is 20.1. The molecule has 4 fully saturated rings. The SMILES string of the molecule is CC1(CN2C[C@H]3C[C@@H]2CN3)CCC(c2ccc(Cl)cc2)=C(CN2CCN(c3ccc(C(=O)NS(=O)(=O)c4ccc(N[C@H](CCN5CCOCC5)CSc5ccccc5)c(S(=O)(=O)C(F)(F)F)c4)cc3)CC2)C1.Cl. The number of rotatable bonds is 18. The molecule has 4 aromatic carbocycles. The number of piperazine rings is 2. The van der Waals surface area contributed by atoms with Crippen LogP contribution >= 0.6 is 35.8 Å². The molecule has 0 aromatic heterocycles. The molecule has 9 rings (SSSR count). The minimum Gasteiger partial charge on any atom is -0.380 e. The van der Waals surface area contributed by atoms with Crippen LogP contribution in [0.15, 0.2) is 117 Å². The topological polar surface area (TPSA) is 144 Å². The highest BCUT2D eigenvalue weighted by Gasteiger charge is 2.49. The fraction of sp³-hybridized carbons (Fsp3) is 0.481. The Bertz CT molecular complexity index is 2800. The van der Waals surface area contributed by atoms with Crippen molar-refractivity contribution in [1.82, 2.24) is 24.7 Å². The van der Waals surface area contributed by atoms with Gasteiger partial charge in [0.1, 0.15) is 4.90 Å². The van der Waals surface area contributed by atoms with Gasteiger partial charge in [-0.3, -0.25) is 19.5 Å². The third kappa shape index (κ3) is 13.6. The number of thioether (sulfide) groups is 1. The fourth-order valence-electron chi connectivity index (χ4n) is 10.9. The molecule has 1 aliphatic carbocycles. The molecule has 4 heterocycles. The highest BCUT2D eigenvalue weighted by molar-refractivity contribution is 7.99. The number of hydrogen-bond acceptors (Lipinski definition) is 13. The number of anilines is 2. The number of hydrogen-bond donors (Lipinski definition) is 3. The number of benzene rings is 4. The number of alkyl halides is 3. The van der Waals surface area contributed by atoms with Gasteiger partial charge in [-0.05, 0) is 115 Å². The first-order chi connectivity index (χ1) is 34.4. The summed E-state index contributed by atoms with van der Waals surface area (Å²) < 4.78 is 104. The molecule has 73 heavy (non-hydrogen) atoms. The summed E-state index contributed by atoms with van der Waals surface area (Å²) >= 11 is 7.76. The van der Waals surface area contributed by atoms with Gasteiger partial charge in [0.25, 0.3) is 25.8 Å². The molecule has 2 bridgehead atoms. The van der Waals surface area contributed by atoms with Crippen molar-refractivity contribution in [1.29, 1.82) is 0 Å². The van der Waals surface area contributed by atoms with Gasteiger partial charge >= 0.3 is 5.51 Å². The Kier molecular flexibility index (Phi) is 17.9. The predicted octanol–water partition coefficient (Wildman–Crippen LogP) is 8.28. The Morgan fingerprint density at radius 2 is 1.63 bits per heavy atom. The maximum atomic E-state index is 14.3. The van der Waals surface area contributed by atoms with Crippen molar-refractivity contribution in [3.05, 3.63) is 119 Å². The summed E-state index contributed by atoms with van der Waals surface area (Å²) in [5.74, 6) is -0.651. The summed E-state index contributed by atoms with van der Waals surface area (Å²) in [5.41, 5.74) is -0.978. The fourth-order valence-corrected chi connectivity index (χ4v) is 14.0. The number of carbonyl (C=O) groups is 1. The number of fused-ring (bicyclic) bond motifs is 2. The average molecular weight is 1110 g/mol. The summed E-state index contributed by atoms with van der Waals surface area (Å²) in [6, 6.07) is 27.3.